The normalized spacial score (nSPS) is 26.0. The fourth-order valence-corrected chi connectivity index (χ4v) is 5.02. The van der Waals surface area contributed by atoms with Gasteiger partial charge in [-0.05, 0) is 68.9 Å². The highest BCUT2D eigenvalue weighted by Gasteiger charge is 2.40. The third-order valence-electron chi connectivity index (χ3n) is 6.30. The average Bonchev–Trinajstić information content (AvgIpc) is 2.99. The number of nitrogens with zero attached hydrogens (tertiary/aromatic N) is 1. The van der Waals surface area contributed by atoms with Gasteiger partial charge >= 0.3 is 0 Å². The van der Waals surface area contributed by atoms with E-state index in [0.29, 0.717) is 5.41 Å². The first-order valence-corrected chi connectivity index (χ1v) is 9.96. The van der Waals surface area contributed by atoms with Gasteiger partial charge in [0, 0.05) is 34.7 Å². The Kier molecular flexibility index (Phi) is 4.19. The molecule has 0 spiro atoms. The van der Waals surface area contributed by atoms with E-state index in [0.717, 1.165) is 39.9 Å². The van der Waals surface area contributed by atoms with Crippen molar-refractivity contribution in [2.45, 2.75) is 52.0 Å². The van der Waals surface area contributed by atoms with Crippen LogP contribution in [0.1, 0.15) is 55.8 Å². The zero-order valence-corrected chi connectivity index (χ0v) is 15.9. The number of amides is 1. The van der Waals surface area contributed by atoms with E-state index in [9.17, 15) is 4.79 Å². The fraction of sp³-hybridized carbons (Fsp3) is 0.550. The van der Waals surface area contributed by atoms with Gasteiger partial charge in [-0.1, -0.05) is 22.0 Å². The number of hydrogen-bond acceptors (Lipinski definition) is 1. The molecule has 3 saturated carbocycles. The number of carbonyl (C=O) groups is 1. The minimum atomic E-state index is 0.0802. The van der Waals surface area contributed by atoms with E-state index in [1.54, 1.807) is 0 Å². The molecule has 3 aliphatic rings. The second-order valence-corrected chi connectivity index (χ2v) is 8.57. The van der Waals surface area contributed by atoms with Crippen LogP contribution in [0.25, 0.3) is 10.9 Å². The number of carbonyl (C=O) groups excluding carboxylic acids is 1. The molecule has 1 heterocycles. The Morgan fingerprint density at radius 1 is 1.29 bits per heavy atom. The molecule has 0 aliphatic heterocycles. The van der Waals surface area contributed by atoms with Crippen LogP contribution in [0.4, 0.5) is 0 Å². The Morgan fingerprint density at radius 3 is 2.67 bits per heavy atom. The van der Waals surface area contributed by atoms with Crippen LogP contribution in [-0.2, 0) is 6.54 Å². The van der Waals surface area contributed by atoms with Crippen LogP contribution in [0, 0.1) is 11.3 Å². The van der Waals surface area contributed by atoms with Gasteiger partial charge in [0.15, 0.2) is 0 Å². The lowest BCUT2D eigenvalue weighted by atomic mass is 9.61. The summed E-state index contributed by atoms with van der Waals surface area (Å²) in [5, 5.41) is 4.31. The number of aromatic nitrogens is 1. The lowest BCUT2D eigenvalue weighted by Crippen LogP contribution is -2.43. The molecule has 3 nitrogen and oxygen atoms in total. The van der Waals surface area contributed by atoms with Crippen LogP contribution < -0.4 is 5.32 Å². The van der Waals surface area contributed by atoms with E-state index in [1.807, 2.05) is 18.3 Å². The lowest BCUT2D eigenvalue weighted by molar-refractivity contribution is 0.0598. The first-order valence-electron chi connectivity index (χ1n) is 9.17. The van der Waals surface area contributed by atoms with Crippen molar-refractivity contribution in [2.75, 3.05) is 6.54 Å². The largest absolute Gasteiger partial charge is 0.351 e. The number of fused-ring (bicyclic) bond motifs is 4. The highest BCUT2D eigenvalue weighted by Crippen LogP contribution is 2.49. The second kappa shape index (κ2) is 6.21. The second-order valence-electron chi connectivity index (χ2n) is 7.65. The van der Waals surface area contributed by atoms with Crippen molar-refractivity contribution in [3.63, 3.8) is 0 Å². The van der Waals surface area contributed by atoms with Gasteiger partial charge in [-0.25, -0.2) is 0 Å². The summed E-state index contributed by atoms with van der Waals surface area (Å²) in [6.45, 7) is 3.82. The summed E-state index contributed by atoms with van der Waals surface area (Å²) >= 11 is 3.53. The third kappa shape index (κ3) is 2.79. The number of rotatable bonds is 4. The maximum Gasteiger partial charge on any atom is 0.253 e. The molecule has 1 amide bonds. The summed E-state index contributed by atoms with van der Waals surface area (Å²) in [5.41, 5.74) is 2.30. The molecule has 1 N–H and O–H groups in total. The van der Waals surface area contributed by atoms with Crippen molar-refractivity contribution in [2.24, 2.45) is 11.3 Å². The predicted molar refractivity (Wildman–Crippen MR) is 101 cm³/mol. The summed E-state index contributed by atoms with van der Waals surface area (Å²) in [5.74, 6) is 1.04. The maximum atomic E-state index is 12.9. The van der Waals surface area contributed by atoms with Gasteiger partial charge in [0.05, 0.1) is 5.56 Å². The summed E-state index contributed by atoms with van der Waals surface area (Å²) in [6, 6.07) is 6.15. The Hall–Kier alpha value is -1.29. The van der Waals surface area contributed by atoms with Crippen molar-refractivity contribution < 1.29 is 4.79 Å². The van der Waals surface area contributed by atoms with Gasteiger partial charge in [-0.3, -0.25) is 4.79 Å². The van der Waals surface area contributed by atoms with Crippen molar-refractivity contribution in [3.05, 3.63) is 34.4 Å². The number of aryl methyl sites for hydroxylation is 1. The molecule has 0 unspecified atom stereocenters. The zero-order valence-electron chi connectivity index (χ0n) is 14.3. The molecular formula is C20H25BrN2O. The van der Waals surface area contributed by atoms with E-state index in [-0.39, 0.29) is 5.91 Å². The number of halogens is 1. The van der Waals surface area contributed by atoms with Gasteiger partial charge in [-0.15, -0.1) is 0 Å². The van der Waals surface area contributed by atoms with Gasteiger partial charge < -0.3 is 9.88 Å². The minimum Gasteiger partial charge on any atom is -0.351 e. The molecule has 3 fully saturated rings. The van der Waals surface area contributed by atoms with Crippen molar-refractivity contribution in [1.82, 2.24) is 9.88 Å². The van der Waals surface area contributed by atoms with E-state index in [4.69, 9.17) is 0 Å². The third-order valence-corrected chi connectivity index (χ3v) is 6.80. The van der Waals surface area contributed by atoms with Gasteiger partial charge in [0.25, 0.3) is 5.91 Å². The van der Waals surface area contributed by atoms with Crippen LogP contribution in [-0.4, -0.2) is 17.0 Å². The molecule has 2 aromatic rings. The van der Waals surface area contributed by atoms with Gasteiger partial charge in [0.2, 0.25) is 0 Å². The monoisotopic (exact) mass is 388 g/mol. The van der Waals surface area contributed by atoms with Crippen molar-refractivity contribution in [1.29, 1.82) is 0 Å². The first kappa shape index (κ1) is 16.2. The summed E-state index contributed by atoms with van der Waals surface area (Å²) in [7, 11) is 0. The smallest absolute Gasteiger partial charge is 0.253 e. The quantitative estimate of drug-likeness (QED) is 0.774. The molecule has 1 aromatic heterocycles. The van der Waals surface area contributed by atoms with Crippen LogP contribution in [0.5, 0.6) is 0 Å². The standard InChI is InChI=1S/C20H25BrN2O/c1-2-23-12-17(16-4-3-15(21)11-18(16)23)19(24)22-13-20-8-5-14(6-9-20)7-10-20/h3-4,11-12,14H,2,5-10,13H2,1H3,(H,22,24). The molecular weight excluding hydrogens is 364 g/mol. The molecule has 4 heteroatoms. The zero-order chi connectivity index (χ0) is 16.7. The average molecular weight is 389 g/mol. The molecule has 5 rings (SSSR count). The lowest BCUT2D eigenvalue weighted by Gasteiger charge is -2.46. The minimum absolute atomic E-state index is 0.0802. The van der Waals surface area contributed by atoms with Gasteiger partial charge in [-0.2, -0.15) is 0 Å². The SMILES string of the molecule is CCn1cc(C(=O)NCC23CCC(CC2)CC3)c2ccc(Br)cc21. The summed E-state index contributed by atoms with van der Waals surface area (Å²) < 4.78 is 3.20. The predicted octanol–water partition coefficient (Wildman–Crippen LogP) is 5.12. The Balaban J connectivity index is 1.55. The summed E-state index contributed by atoms with van der Waals surface area (Å²) in [6.07, 6.45) is 9.96. The van der Waals surface area contributed by atoms with E-state index in [2.05, 4.69) is 38.8 Å². The highest BCUT2D eigenvalue weighted by molar-refractivity contribution is 9.10. The topological polar surface area (TPSA) is 34.0 Å². The molecule has 128 valence electrons. The maximum absolute atomic E-state index is 12.9. The number of benzene rings is 1. The van der Waals surface area contributed by atoms with Crippen molar-refractivity contribution in [3.8, 4) is 0 Å². The molecule has 1 aromatic carbocycles. The van der Waals surface area contributed by atoms with Crippen LogP contribution in [0.15, 0.2) is 28.9 Å². The van der Waals surface area contributed by atoms with Gasteiger partial charge in [0.1, 0.15) is 0 Å². The van der Waals surface area contributed by atoms with Crippen LogP contribution >= 0.6 is 15.9 Å². The van der Waals surface area contributed by atoms with Crippen LogP contribution in [0.2, 0.25) is 0 Å². The Bertz CT molecular complexity index is 758. The molecule has 2 bridgehead atoms. The number of hydrogen-bond donors (Lipinski definition) is 1. The molecule has 0 radical (unpaired) electrons. The molecule has 0 saturated heterocycles. The first-order chi connectivity index (χ1) is 11.6. The Labute approximate surface area is 151 Å². The summed E-state index contributed by atoms with van der Waals surface area (Å²) in [4.78, 5) is 12.9. The van der Waals surface area contributed by atoms with E-state index >= 15 is 0 Å². The highest BCUT2D eigenvalue weighted by atomic mass is 79.9. The van der Waals surface area contributed by atoms with E-state index in [1.165, 1.54) is 38.5 Å². The number of nitrogens with one attached hydrogen (secondary N) is 1. The molecule has 3 aliphatic carbocycles. The molecule has 0 atom stereocenters. The Morgan fingerprint density at radius 2 is 2.00 bits per heavy atom. The molecule has 24 heavy (non-hydrogen) atoms. The van der Waals surface area contributed by atoms with Crippen molar-refractivity contribution >= 4 is 32.7 Å². The van der Waals surface area contributed by atoms with Crippen LogP contribution in [0.3, 0.4) is 0 Å². The fourth-order valence-electron chi connectivity index (χ4n) is 4.67. The van der Waals surface area contributed by atoms with E-state index < -0.39 is 0 Å².